The molecule has 0 bridgehead atoms. The van der Waals surface area contributed by atoms with Crippen LogP contribution in [0.1, 0.15) is 35.7 Å². The van der Waals surface area contributed by atoms with E-state index in [-0.39, 0.29) is 11.9 Å². The van der Waals surface area contributed by atoms with Gasteiger partial charge in [-0.1, -0.05) is 0 Å². The van der Waals surface area contributed by atoms with Crippen LogP contribution in [0.4, 0.5) is 4.39 Å². The van der Waals surface area contributed by atoms with E-state index in [0.717, 1.165) is 36.1 Å². The summed E-state index contributed by atoms with van der Waals surface area (Å²) in [6, 6.07) is 5.00. The number of benzene rings is 1. The van der Waals surface area contributed by atoms with Crippen LogP contribution in [0.25, 0.3) is 11.4 Å². The van der Waals surface area contributed by atoms with E-state index in [2.05, 4.69) is 9.97 Å². The summed E-state index contributed by atoms with van der Waals surface area (Å²) in [6.07, 6.45) is 4.82. The third-order valence-corrected chi connectivity index (χ3v) is 3.64. The third-order valence-electron chi connectivity index (χ3n) is 3.64. The summed E-state index contributed by atoms with van der Waals surface area (Å²) in [5.74, 6) is 0.444. The van der Waals surface area contributed by atoms with E-state index < -0.39 is 0 Å². The number of aromatic nitrogens is 2. The molecule has 0 saturated carbocycles. The second-order valence-electron chi connectivity index (χ2n) is 5.06. The van der Waals surface area contributed by atoms with Crippen molar-refractivity contribution >= 4 is 0 Å². The number of aryl methyl sites for hydroxylation is 2. The first-order chi connectivity index (χ1) is 9.15. The van der Waals surface area contributed by atoms with Crippen molar-refractivity contribution in [2.75, 3.05) is 0 Å². The Morgan fingerprint density at radius 2 is 2.21 bits per heavy atom. The Kier molecular flexibility index (Phi) is 3.03. The summed E-state index contributed by atoms with van der Waals surface area (Å²) in [4.78, 5) is 8.96. The van der Waals surface area contributed by atoms with Crippen molar-refractivity contribution in [2.45, 2.75) is 32.2 Å². The van der Waals surface area contributed by atoms with Gasteiger partial charge >= 0.3 is 0 Å². The molecule has 19 heavy (non-hydrogen) atoms. The molecule has 0 saturated heterocycles. The Balaban J connectivity index is 2.04. The van der Waals surface area contributed by atoms with Gasteiger partial charge < -0.3 is 5.73 Å². The third kappa shape index (κ3) is 2.24. The first-order valence-electron chi connectivity index (χ1n) is 6.53. The van der Waals surface area contributed by atoms with Crippen LogP contribution < -0.4 is 5.73 Å². The van der Waals surface area contributed by atoms with Gasteiger partial charge in [-0.15, -0.1) is 0 Å². The fourth-order valence-corrected chi connectivity index (χ4v) is 2.50. The van der Waals surface area contributed by atoms with Crippen molar-refractivity contribution < 1.29 is 4.39 Å². The topological polar surface area (TPSA) is 51.8 Å². The Morgan fingerprint density at radius 3 is 3.00 bits per heavy atom. The number of hydrogen-bond donors (Lipinski definition) is 1. The molecular weight excluding hydrogens is 241 g/mol. The van der Waals surface area contributed by atoms with Crippen LogP contribution in [0, 0.1) is 12.7 Å². The predicted octanol–water partition coefficient (Wildman–Crippen LogP) is 2.93. The average Bonchev–Trinajstić information content (AvgIpc) is 2.42. The molecule has 1 unspecified atom stereocenters. The van der Waals surface area contributed by atoms with Gasteiger partial charge in [-0.25, -0.2) is 14.4 Å². The monoisotopic (exact) mass is 257 g/mol. The van der Waals surface area contributed by atoms with E-state index in [1.54, 1.807) is 19.1 Å². The minimum absolute atomic E-state index is 0.0488. The molecule has 1 aromatic heterocycles. The number of nitrogens with two attached hydrogens (primary N) is 1. The summed E-state index contributed by atoms with van der Waals surface area (Å²) in [7, 11) is 0. The van der Waals surface area contributed by atoms with Crippen LogP contribution in [0.2, 0.25) is 0 Å². The smallest absolute Gasteiger partial charge is 0.159 e. The van der Waals surface area contributed by atoms with E-state index >= 15 is 0 Å². The minimum atomic E-state index is -0.205. The van der Waals surface area contributed by atoms with Crippen LogP contribution in [0.5, 0.6) is 0 Å². The first kappa shape index (κ1) is 12.2. The molecule has 1 heterocycles. The molecule has 0 spiro atoms. The zero-order chi connectivity index (χ0) is 13.4. The normalized spacial score (nSPS) is 18.2. The van der Waals surface area contributed by atoms with E-state index in [4.69, 9.17) is 5.73 Å². The van der Waals surface area contributed by atoms with Crippen molar-refractivity contribution in [3.8, 4) is 11.4 Å². The van der Waals surface area contributed by atoms with Crippen molar-refractivity contribution in [3.05, 3.63) is 47.0 Å². The van der Waals surface area contributed by atoms with Crippen LogP contribution >= 0.6 is 0 Å². The van der Waals surface area contributed by atoms with Gasteiger partial charge in [0.15, 0.2) is 5.82 Å². The first-order valence-corrected chi connectivity index (χ1v) is 6.53. The van der Waals surface area contributed by atoms with Gasteiger partial charge in [0.2, 0.25) is 0 Å². The number of halogens is 1. The van der Waals surface area contributed by atoms with Crippen molar-refractivity contribution in [2.24, 2.45) is 5.73 Å². The molecular formula is C15H16FN3. The summed E-state index contributed by atoms with van der Waals surface area (Å²) < 4.78 is 13.3. The highest BCUT2D eigenvalue weighted by Crippen LogP contribution is 2.28. The highest BCUT2D eigenvalue weighted by molar-refractivity contribution is 5.56. The lowest BCUT2D eigenvalue weighted by atomic mass is 9.93. The van der Waals surface area contributed by atoms with Crippen molar-refractivity contribution in [3.63, 3.8) is 0 Å². The largest absolute Gasteiger partial charge is 0.324 e. The quantitative estimate of drug-likeness (QED) is 0.854. The molecule has 0 fully saturated rings. The van der Waals surface area contributed by atoms with E-state index in [1.807, 2.05) is 6.20 Å². The van der Waals surface area contributed by atoms with Crippen LogP contribution in [0.15, 0.2) is 24.4 Å². The Labute approximate surface area is 111 Å². The molecule has 3 nitrogen and oxygen atoms in total. The molecule has 2 N–H and O–H groups in total. The highest BCUT2D eigenvalue weighted by atomic mass is 19.1. The number of hydrogen-bond acceptors (Lipinski definition) is 3. The van der Waals surface area contributed by atoms with E-state index in [9.17, 15) is 4.39 Å². The Hall–Kier alpha value is -1.81. The van der Waals surface area contributed by atoms with Gasteiger partial charge in [-0.2, -0.15) is 0 Å². The van der Waals surface area contributed by atoms with Gasteiger partial charge in [0, 0.05) is 29.1 Å². The Morgan fingerprint density at radius 1 is 1.37 bits per heavy atom. The maximum absolute atomic E-state index is 13.3. The lowest BCUT2D eigenvalue weighted by Crippen LogP contribution is -2.19. The second-order valence-corrected chi connectivity index (χ2v) is 5.06. The van der Waals surface area contributed by atoms with Crippen molar-refractivity contribution in [1.82, 2.24) is 9.97 Å². The molecule has 0 aliphatic heterocycles. The SMILES string of the molecule is Cc1cc(-c2ncc3c(n2)CCCC3N)ccc1F. The molecule has 0 radical (unpaired) electrons. The van der Waals surface area contributed by atoms with Gasteiger partial charge in [-0.05, 0) is 49.9 Å². The average molecular weight is 257 g/mol. The van der Waals surface area contributed by atoms with Gasteiger partial charge in [0.1, 0.15) is 5.82 Å². The molecule has 4 heteroatoms. The number of nitrogens with zero attached hydrogens (tertiary/aromatic N) is 2. The molecule has 1 aromatic carbocycles. The Bertz CT molecular complexity index is 625. The lowest BCUT2D eigenvalue weighted by molar-refractivity contribution is 0.557. The summed E-state index contributed by atoms with van der Waals surface area (Å²) in [5.41, 5.74) is 9.59. The maximum Gasteiger partial charge on any atom is 0.159 e. The molecule has 2 aromatic rings. The van der Waals surface area contributed by atoms with Gasteiger partial charge in [0.25, 0.3) is 0 Å². The van der Waals surface area contributed by atoms with Gasteiger partial charge in [0.05, 0.1) is 0 Å². The van der Waals surface area contributed by atoms with Crippen LogP contribution in [0.3, 0.4) is 0 Å². The molecule has 1 aliphatic carbocycles. The standard InChI is InChI=1S/C15H16FN3/c1-9-7-10(5-6-12(9)16)15-18-8-11-13(17)3-2-4-14(11)19-15/h5-8,13H,2-4,17H2,1H3. The van der Waals surface area contributed by atoms with Gasteiger partial charge in [-0.3, -0.25) is 0 Å². The number of fused-ring (bicyclic) bond motifs is 1. The van der Waals surface area contributed by atoms with E-state index in [0.29, 0.717) is 11.4 Å². The zero-order valence-corrected chi connectivity index (χ0v) is 10.9. The second kappa shape index (κ2) is 4.70. The molecule has 1 aliphatic rings. The zero-order valence-electron chi connectivity index (χ0n) is 10.9. The fourth-order valence-electron chi connectivity index (χ4n) is 2.50. The summed E-state index contributed by atoms with van der Waals surface area (Å²) >= 11 is 0. The van der Waals surface area contributed by atoms with Crippen molar-refractivity contribution in [1.29, 1.82) is 0 Å². The van der Waals surface area contributed by atoms with E-state index in [1.165, 1.54) is 6.07 Å². The summed E-state index contributed by atoms with van der Waals surface area (Å²) in [5, 5.41) is 0. The number of rotatable bonds is 1. The lowest BCUT2D eigenvalue weighted by Gasteiger charge is -2.21. The van der Waals surface area contributed by atoms with Crippen LogP contribution in [-0.4, -0.2) is 9.97 Å². The molecule has 3 rings (SSSR count). The summed E-state index contributed by atoms with van der Waals surface area (Å²) in [6.45, 7) is 1.74. The maximum atomic E-state index is 13.3. The molecule has 0 amide bonds. The fraction of sp³-hybridized carbons (Fsp3) is 0.333. The van der Waals surface area contributed by atoms with Crippen LogP contribution in [-0.2, 0) is 6.42 Å². The minimum Gasteiger partial charge on any atom is -0.324 e. The predicted molar refractivity (Wildman–Crippen MR) is 72.0 cm³/mol. The molecule has 98 valence electrons. The highest BCUT2D eigenvalue weighted by Gasteiger charge is 2.19. The molecule has 1 atom stereocenters.